The molecule has 1 aliphatic rings. The van der Waals surface area contributed by atoms with Gasteiger partial charge in [-0.05, 0) is 25.1 Å². The number of esters is 1. The van der Waals surface area contributed by atoms with Crippen molar-refractivity contribution in [1.29, 1.82) is 0 Å². The largest absolute Gasteiger partial charge is 0.497 e. The lowest BCUT2D eigenvalue weighted by Gasteiger charge is -2.13. The summed E-state index contributed by atoms with van der Waals surface area (Å²) in [5.41, 5.74) is 1.14. The van der Waals surface area contributed by atoms with Gasteiger partial charge < -0.3 is 14.8 Å². The molecule has 4 heteroatoms. The quantitative estimate of drug-likeness (QED) is 0.501. The standard InChI is InChI=1S/C14H17NO3/c1-17-12-3-2-4-13(10-12)18-14(16)9-11-5-7-15-8-6-11/h2-5,10,15H,6-9H2,1H3. The minimum absolute atomic E-state index is 0.226. The highest BCUT2D eigenvalue weighted by atomic mass is 16.5. The van der Waals surface area contributed by atoms with Crippen LogP contribution in [-0.2, 0) is 4.79 Å². The molecule has 0 saturated heterocycles. The number of nitrogens with one attached hydrogen (secondary N) is 1. The lowest BCUT2D eigenvalue weighted by molar-refractivity contribution is -0.133. The summed E-state index contributed by atoms with van der Waals surface area (Å²) in [5, 5.41) is 3.21. The number of methoxy groups -OCH3 is 1. The van der Waals surface area contributed by atoms with Gasteiger partial charge in [0.15, 0.2) is 0 Å². The van der Waals surface area contributed by atoms with Crippen molar-refractivity contribution in [3.63, 3.8) is 0 Å². The Labute approximate surface area is 107 Å². The Kier molecular flexibility index (Phi) is 4.36. The van der Waals surface area contributed by atoms with Crippen LogP contribution < -0.4 is 14.8 Å². The third kappa shape index (κ3) is 3.60. The smallest absolute Gasteiger partial charge is 0.315 e. The summed E-state index contributed by atoms with van der Waals surface area (Å²) in [7, 11) is 1.58. The van der Waals surface area contributed by atoms with E-state index in [2.05, 4.69) is 11.4 Å². The van der Waals surface area contributed by atoms with Crippen LogP contribution in [0.2, 0.25) is 0 Å². The molecule has 0 spiro atoms. The molecule has 2 rings (SSSR count). The Bertz CT molecular complexity index is 454. The molecule has 96 valence electrons. The van der Waals surface area contributed by atoms with Gasteiger partial charge in [0, 0.05) is 12.6 Å². The highest BCUT2D eigenvalue weighted by molar-refractivity contribution is 5.75. The first-order valence-corrected chi connectivity index (χ1v) is 6.01. The zero-order chi connectivity index (χ0) is 12.8. The zero-order valence-electron chi connectivity index (χ0n) is 10.4. The van der Waals surface area contributed by atoms with Crippen LogP contribution in [0.25, 0.3) is 0 Å². The fourth-order valence-corrected chi connectivity index (χ4v) is 1.85. The van der Waals surface area contributed by atoms with E-state index >= 15 is 0 Å². The second-order valence-electron chi connectivity index (χ2n) is 4.15. The predicted molar refractivity (Wildman–Crippen MR) is 68.8 cm³/mol. The molecule has 4 nitrogen and oxygen atoms in total. The predicted octanol–water partition coefficient (Wildman–Crippen LogP) is 1.91. The summed E-state index contributed by atoms with van der Waals surface area (Å²) in [6.45, 7) is 1.76. The third-order valence-electron chi connectivity index (χ3n) is 2.80. The maximum Gasteiger partial charge on any atom is 0.315 e. The Balaban J connectivity index is 1.92. The van der Waals surface area contributed by atoms with Gasteiger partial charge in [0.2, 0.25) is 0 Å². The summed E-state index contributed by atoms with van der Waals surface area (Å²) >= 11 is 0. The normalized spacial score (nSPS) is 14.8. The fraction of sp³-hybridized carbons (Fsp3) is 0.357. The van der Waals surface area contributed by atoms with Crippen LogP contribution in [-0.4, -0.2) is 26.2 Å². The molecule has 1 aliphatic heterocycles. The van der Waals surface area contributed by atoms with Gasteiger partial charge >= 0.3 is 5.97 Å². The summed E-state index contributed by atoms with van der Waals surface area (Å²) in [6.07, 6.45) is 3.32. The molecule has 0 unspecified atom stereocenters. The van der Waals surface area contributed by atoms with E-state index in [-0.39, 0.29) is 5.97 Å². The number of hydrogen-bond donors (Lipinski definition) is 1. The first-order valence-electron chi connectivity index (χ1n) is 6.01. The summed E-state index contributed by atoms with van der Waals surface area (Å²) in [4.78, 5) is 11.8. The fourth-order valence-electron chi connectivity index (χ4n) is 1.85. The highest BCUT2D eigenvalue weighted by Gasteiger charge is 2.11. The molecule has 0 saturated carbocycles. The maximum atomic E-state index is 11.8. The van der Waals surface area contributed by atoms with E-state index in [1.165, 1.54) is 0 Å². The third-order valence-corrected chi connectivity index (χ3v) is 2.80. The Morgan fingerprint density at radius 1 is 1.39 bits per heavy atom. The van der Waals surface area contributed by atoms with Crippen LogP contribution in [0.4, 0.5) is 0 Å². The van der Waals surface area contributed by atoms with Crippen LogP contribution in [0, 0.1) is 0 Å². The average Bonchev–Trinajstić information content (AvgIpc) is 2.40. The van der Waals surface area contributed by atoms with Crippen LogP contribution in [0.1, 0.15) is 12.8 Å². The molecule has 0 fully saturated rings. The van der Waals surface area contributed by atoms with Crippen molar-refractivity contribution in [1.82, 2.24) is 5.32 Å². The monoisotopic (exact) mass is 247 g/mol. The van der Waals surface area contributed by atoms with Crippen molar-refractivity contribution < 1.29 is 14.3 Å². The van der Waals surface area contributed by atoms with Gasteiger partial charge in [0.25, 0.3) is 0 Å². The van der Waals surface area contributed by atoms with Crippen LogP contribution >= 0.6 is 0 Å². The van der Waals surface area contributed by atoms with E-state index in [4.69, 9.17) is 9.47 Å². The first kappa shape index (κ1) is 12.6. The molecule has 0 bridgehead atoms. The van der Waals surface area contributed by atoms with Crippen molar-refractivity contribution in [2.45, 2.75) is 12.8 Å². The summed E-state index contributed by atoms with van der Waals surface area (Å²) in [5.74, 6) is 0.978. The summed E-state index contributed by atoms with van der Waals surface area (Å²) < 4.78 is 10.4. The van der Waals surface area contributed by atoms with Crippen LogP contribution in [0.15, 0.2) is 35.9 Å². The van der Waals surface area contributed by atoms with Gasteiger partial charge in [-0.2, -0.15) is 0 Å². The van der Waals surface area contributed by atoms with Crippen molar-refractivity contribution in [2.75, 3.05) is 20.2 Å². The van der Waals surface area contributed by atoms with Crippen molar-refractivity contribution >= 4 is 5.97 Å². The minimum atomic E-state index is -0.226. The van der Waals surface area contributed by atoms with E-state index in [0.29, 0.717) is 17.9 Å². The van der Waals surface area contributed by atoms with Gasteiger partial charge in [0.05, 0.1) is 13.5 Å². The molecule has 0 atom stereocenters. The lowest BCUT2D eigenvalue weighted by Crippen LogP contribution is -2.22. The van der Waals surface area contributed by atoms with E-state index in [9.17, 15) is 4.79 Å². The van der Waals surface area contributed by atoms with E-state index in [1.54, 1.807) is 25.3 Å². The van der Waals surface area contributed by atoms with Gasteiger partial charge in [-0.25, -0.2) is 0 Å². The molecule has 0 aromatic heterocycles. The number of ether oxygens (including phenoxy) is 2. The van der Waals surface area contributed by atoms with Crippen LogP contribution in [0.3, 0.4) is 0 Å². The topological polar surface area (TPSA) is 47.6 Å². The van der Waals surface area contributed by atoms with Gasteiger partial charge in [0.1, 0.15) is 11.5 Å². The Morgan fingerprint density at radius 2 is 2.22 bits per heavy atom. The first-order chi connectivity index (χ1) is 8.78. The SMILES string of the molecule is COc1cccc(OC(=O)CC2=CCNCC2)c1. The molecule has 1 aromatic rings. The molecule has 1 heterocycles. The number of hydrogen-bond acceptors (Lipinski definition) is 4. The number of rotatable bonds is 4. The number of carbonyl (C=O) groups is 1. The van der Waals surface area contributed by atoms with Crippen molar-refractivity contribution in [2.24, 2.45) is 0 Å². The van der Waals surface area contributed by atoms with E-state index < -0.39 is 0 Å². The molecule has 1 aromatic carbocycles. The van der Waals surface area contributed by atoms with E-state index in [0.717, 1.165) is 25.1 Å². The van der Waals surface area contributed by atoms with Crippen molar-refractivity contribution in [3.05, 3.63) is 35.9 Å². The van der Waals surface area contributed by atoms with Gasteiger partial charge in [-0.3, -0.25) is 4.79 Å². The molecular weight excluding hydrogens is 230 g/mol. The average molecular weight is 247 g/mol. The highest BCUT2D eigenvalue weighted by Crippen LogP contribution is 2.20. The maximum absolute atomic E-state index is 11.8. The lowest BCUT2D eigenvalue weighted by atomic mass is 10.1. The second-order valence-corrected chi connectivity index (χ2v) is 4.15. The second kappa shape index (κ2) is 6.21. The molecule has 0 radical (unpaired) electrons. The van der Waals surface area contributed by atoms with Crippen molar-refractivity contribution in [3.8, 4) is 11.5 Å². The van der Waals surface area contributed by atoms with E-state index in [1.807, 2.05) is 6.07 Å². The Hall–Kier alpha value is -1.81. The van der Waals surface area contributed by atoms with Gasteiger partial charge in [-0.15, -0.1) is 0 Å². The zero-order valence-corrected chi connectivity index (χ0v) is 10.4. The summed E-state index contributed by atoms with van der Waals surface area (Å²) in [6, 6.07) is 7.06. The Morgan fingerprint density at radius 3 is 2.94 bits per heavy atom. The van der Waals surface area contributed by atoms with Gasteiger partial charge in [-0.1, -0.05) is 17.7 Å². The minimum Gasteiger partial charge on any atom is -0.497 e. The number of carbonyl (C=O) groups excluding carboxylic acids is 1. The number of benzene rings is 1. The molecular formula is C14H17NO3. The molecule has 18 heavy (non-hydrogen) atoms. The van der Waals surface area contributed by atoms with Crippen LogP contribution in [0.5, 0.6) is 11.5 Å². The molecule has 1 N–H and O–H groups in total. The molecule has 0 aliphatic carbocycles. The molecule has 0 amide bonds.